The van der Waals surface area contributed by atoms with Gasteiger partial charge in [0.25, 0.3) is 0 Å². The van der Waals surface area contributed by atoms with Gasteiger partial charge >= 0.3 is 0 Å². The Morgan fingerprint density at radius 1 is 1.17 bits per heavy atom. The van der Waals surface area contributed by atoms with Crippen LogP contribution in [0.4, 0.5) is 10.1 Å². The molecule has 1 heterocycles. The molecule has 23 heavy (non-hydrogen) atoms. The highest BCUT2D eigenvalue weighted by atomic mass is 35.5. The van der Waals surface area contributed by atoms with Crippen molar-refractivity contribution in [3.63, 3.8) is 0 Å². The van der Waals surface area contributed by atoms with E-state index in [2.05, 4.69) is 5.10 Å². The van der Waals surface area contributed by atoms with Crippen molar-refractivity contribution in [3.05, 3.63) is 87.0 Å². The quantitative estimate of drug-likeness (QED) is 0.751. The summed E-state index contributed by atoms with van der Waals surface area (Å²) in [7, 11) is 0. The van der Waals surface area contributed by atoms with E-state index >= 15 is 0 Å². The van der Waals surface area contributed by atoms with Crippen molar-refractivity contribution in [2.75, 3.05) is 5.73 Å². The molecule has 2 N–H and O–H groups in total. The van der Waals surface area contributed by atoms with E-state index in [1.54, 1.807) is 18.2 Å². The minimum atomic E-state index is -0.467. The molecule has 116 valence electrons. The number of nitrogens with zero attached hydrogens (tertiary/aromatic N) is 2. The van der Waals surface area contributed by atoms with Crippen LogP contribution in [0.2, 0.25) is 5.02 Å². The van der Waals surface area contributed by atoms with Crippen LogP contribution in [0.15, 0.2) is 59.5 Å². The van der Waals surface area contributed by atoms with Crippen LogP contribution in [0.25, 0.3) is 5.69 Å². The molecule has 0 saturated carbocycles. The van der Waals surface area contributed by atoms with E-state index in [9.17, 15) is 9.18 Å². The van der Waals surface area contributed by atoms with Crippen molar-refractivity contribution >= 4 is 17.3 Å². The number of anilines is 1. The second-order valence-corrected chi connectivity index (χ2v) is 5.56. The van der Waals surface area contributed by atoms with Crippen molar-refractivity contribution in [2.24, 2.45) is 0 Å². The molecule has 6 heteroatoms. The first-order chi connectivity index (χ1) is 11.0. The van der Waals surface area contributed by atoms with Gasteiger partial charge in [-0.15, -0.1) is 0 Å². The van der Waals surface area contributed by atoms with Gasteiger partial charge in [-0.3, -0.25) is 4.79 Å². The smallest absolute Gasteiger partial charge is 0.203 e. The van der Waals surface area contributed by atoms with Gasteiger partial charge in [-0.25, -0.2) is 9.07 Å². The zero-order valence-electron chi connectivity index (χ0n) is 12.0. The molecule has 0 radical (unpaired) electrons. The number of aromatic nitrogens is 2. The van der Waals surface area contributed by atoms with Crippen LogP contribution >= 0.6 is 11.6 Å². The second-order valence-electron chi connectivity index (χ2n) is 5.12. The van der Waals surface area contributed by atoms with Gasteiger partial charge in [0.15, 0.2) is 0 Å². The molecule has 0 atom stereocenters. The summed E-state index contributed by atoms with van der Waals surface area (Å²) in [5, 5.41) is 4.55. The van der Waals surface area contributed by atoms with E-state index in [1.807, 2.05) is 12.1 Å². The molecule has 0 amide bonds. The zero-order chi connectivity index (χ0) is 16.4. The van der Waals surface area contributed by atoms with Crippen LogP contribution in [0.1, 0.15) is 11.3 Å². The summed E-state index contributed by atoms with van der Waals surface area (Å²) in [6.07, 6.45) is 1.82. The van der Waals surface area contributed by atoms with E-state index in [1.165, 1.54) is 29.1 Å². The lowest BCUT2D eigenvalue weighted by Crippen LogP contribution is -2.16. The van der Waals surface area contributed by atoms with Crippen molar-refractivity contribution in [3.8, 4) is 5.69 Å². The molecule has 0 aliphatic rings. The molecule has 0 saturated heterocycles. The largest absolute Gasteiger partial charge is 0.399 e. The standard InChI is InChI=1S/C17H13ClFN3O/c18-12-8-13(19)10-15(9-12)22-5-4-17(23)16(21-22)7-11-2-1-3-14(20)6-11/h1-6,8-10H,7,20H2. The first-order valence-electron chi connectivity index (χ1n) is 6.91. The molecule has 0 spiro atoms. The maximum atomic E-state index is 13.5. The fourth-order valence-corrected chi connectivity index (χ4v) is 2.50. The van der Waals surface area contributed by atoms with Crippen LogP contribution in [-0.4, -0.2) is 9.78 Å². The van der Waals surface area contributed by atoms with Crippen LogP contribution in [0, 0.1) is 5.82 Å². The normalized spacial score (nSPS) is 10.7. The molecule has 1 aromatic heterocycles. The predicted octanol–water partition coefficient (Wildman–Crippen LogP) is 3.20. The van der Waals surface area contributed by atoms with Gasteiger partial charge in [-0.05, 0) is 35.9 Å². The number of hydrogen-bond donors (Lipinski definition) is 1. The average Bonchev–Trinajstić information content (AvgIpc) is 2.48. The molecule has 4 nitrogen and oxygen atoms in total. The lowest BCUT2D eigenvalue weighted by molar-refractivity contribution is 0.624. The van der Waals surface area contributed by atoms with E-state index in [-0.39, 0.29) is 10.5 Å². The number of benzene rings is 2. The predicted molar refractivity (Wildman–Crippen MR) is 88.5 cm³/mol. The number of nitrogen functional groups attached to an aromatic ring is 1. The highest BCUT2D eigenvalue weighted by molar-refractivity contribution is 6.30. The number of halogens is 2. The molecule has 2 aromatic carbocycles. The van der Waals surface area contributed by atoms with E-state index < -0.39 is 5.82 Å². The number of hydrogen-bond acceptors (Lipinski definition) is 3. The Balaban J connectivity index is 2.00. The molecule has 3 rings (SSSR count). The Morgan fingerprint density at radius 3 is 2.74 bits per heavy atom. The maximum Gasteiger partial charge on any atom is 0.203 e. The summed E-state index contributed by atoms with van der Waals surface area (Å²) in [5.41, 5.74) is 7.85. The minimum absolute atomic E-state index is 0.189. The van der Waals surface area contributed by atoms with E-state index in [0.717, 1.165) is 5.56 Å². The molecule has 0 aliphatic heterocycles. The first kappa shape index (κ1) is 15.2. The van der Waals surface area contributed by atoms with Crippen molar-refractivity contribution < 1.29 is 4.39 Å². The molecule has 0 unspecified atom stereocenters. The molecule has 0 aliphatic carbocycles. The third kappa shape index (κ3) is 3.57. The van der Waals surface area contributed by atoms with Crippen molar-refractivity contribution in [1.29, 1.82) is 0 Å². The molecule has 0 fully saturated rings. The summed E-state index contributed by atoms with van der Waals surface area (Å²) in [4.78, 5) is 12.0. The topological polar surface area (TPSA) is 60.9 Å². The Kier molecular flexibility index (Phi) is 4.12. The Bertz CT molecular complexity index is 903. The summed E-state index contributed by atoms with van der Waals surface area (Å²) in [6.45, 7) is 0. The van der Waals surface area contributed by atoms with Crippen molar-refractivity contribution in [2.45, 2.75) is 6.42 Å². The third-order valence-corrected chi connectivity index (χ3v) is 3.53. The van der Waals surface area contributed by atoms with Gasteiger partial charge in [0.1, 0.15) is 11.5 Å². The molecule has 0 bridgehead atoms. The summed E-state index contributed by atoms with van der Waals surface area (Å²) in [5.74, 6) is -0.467. The third-order valence-electron chi connectivity index (χ3n) is 3.31. The van der Waals surface area contributed by atoms with Gasteiger partial charge in [-0.2, -0.15) is 5.10 Å². The number of nitrogens with two attached hydrogens (primary N) is 1. The number of rotatable bonds is 3. The van der Waals surface area contributed by atoms with E-state index in [4.69, 9.17) is 17.3 Å². The van der Waals surface area contributed by atoms with Crippen LogP contribution in [0.3, 0.4) is 0 Å². The fraction of sp³-hybridized carbons (Fsp3) is 0.0588. The monoisotopic (exact) mass is 329 g/mol. The first-order valence-corrected chi connectivity index (χ1v) is 7.29. The van der Waals surface area contributed by atoms with Gasteiger partial charge < -0.3 is 5.73 Å². The highest BCUT2D eigenvalue weighted by Crippen LogP contribution is 2.17. The van der Waals surface area contributed by atoms with Gasteiger partial charge in [0.2, 0.25) is 5.43 Å². The van der Waals surface area contributed by atoms with Gasteiger partial charge in [-0.1, -0.05) is 23.7 Å². The van der Waals surface area contributed by atoms with Crippen molar-refractivity contribution in [1.82, 2.24) is 9.78 Å². The van der Waals surface area contributed by atoms with Crippen LogP contribution in [0.5, 0.6) is 0 Å². The summed E-state index contributed by atoms with van der Waals surface area (Å²) >= 11 is 5.86. The second kappa shape index (κ2) is 6.22. The SMILES string of the molecule is Nc1cccc(Cc2nn(-c3cc(F)cc(Cl)c3)ccc2=O)c1. The van der Waals surface area contributed by atoms with Gasteiger partial charge in [0.05, 0.1) is 5.69 Å². The van der Waals surface area contributed by atoms with Crippen LogP contribution in [-0.2, 0) is 6.42 Å². The molecular weight excluding hydrogens is 317 g/mol. The van der Waals surface area contributed by atoms with E-state index in [0.29, 0.717) is 23.5 Å². The Hall–Kier alpha value is -2.66. The molecular formula is C17H13ClFN3O. The lowest BCUT2D eigenvalue weighted by Gasteiger charge is -2.08. The Morgan fingerprint density at radius 2 is 2.00 bits per heavy atom. The average molecular weight is 330 g/mol. The Labute approximate surface area is 136 Å². The zero-order valence-corrected chi connectivity index (χ0v) is 12.8. The van der Waals surface area contributed by atoms with Gasteiger partial charge in [0, 0.05) is 29.4 Å². The fourth-order valence-electron chi connectivity index (χ4n) is 2.28. The van der Waals surface area contributed by atoms with Crippen LogP contribution < -0.4 is 11.2 Å². The highest BCUT2D eigenvalue weighted by Gasteiger charge is 2.07. The molecule has 3 aromatic rings. The summed E-state index contributed by atoms with van der Waals surface area (Å²) in [6, 6.07) is 12.7. The maximum absolute atomic E-state index is 13.5. The lowest BCUT2D eigenvalue weighted by atomic mass is 10.1. The minimum Gasteiger partial charge on any atom is -0.399 e. The summed E-state index contributed by atoms with van der Waals surface area (Å²) < 4.78 is 14.9.